The fraction of sp³-hybridized carbons (Fsp3) is 0.667. The van der Waals surface area contributed by atoms with E-state index in [0.29, 0.717) is 5.57 Å². The van der Waals surface area contributed by atoms with Gasteiger partial charge in [0.15, 0.2) is 0 Å². The largest absolute Gasteiger partial charge is 0.393 e. The third-order valence-electron chi connectivity index (χ3n) is 1.46. The van der Waals surface area contributed by atoms with Crippen molar-refractivity contribution in [3.05, 3.63) is 12.2 Å². The van der Waals surface area contributed by atoms with Crippen molar-refractivity contribution < 1.29 is 14.9 Å². The number of ether oxygens (including phenoxy) is 1. The van der Waals surface area contributed by atoms with E-state index < -0.39 is 6.10 Å². The summed E-state index contributed by atoms with van der Waals surface area (Å²) in [4.78, 5) is 0. The predicted octanol–water partition coefficient (Wildman–Crippen LogP) is -0.705. The van der Waals surface area contributed by atoms with Gasteiger partial charge in [-0.3, -0.25) is 0 Å². The standard InChI is InChI=1S/C6H10O3/c1-4-5(8)3-9-6(4)2-7/h5-8H,1-3H2. The molecule has 0 aliphatic carbocycles. The molecule has 52 valence electrons. The molecule has 1 saturated heterocycles. The van der Waals surface area contributed by atoms with Gasteiger partial charge in [0, 0.05) is 0 Å². The molecule has 3 heteroatoms. The van der Waals surface area contributed by atoms with E-state index >= 15 is 0 Å². The van der Waals surface area contributed by atoms with Crippen LogP contribution in [0.2, 0.25) is 0 Å². The van der Waals surface area contributed by atoms with Crippen LogP contribution in [0.1, 0.15) is 0 Å². The molecule has 3 nitrogen and oxygen atoms in total. The minimum atomic E-state index is -0.581. The Morgan fingerprint density at radius 3 is 2.67 bits per heavy atom. The van der Waals surface area contributed by atoms with Gasteiger partial charge in [-0.05, 0) is 5.57 Å². The summed E-state index contributed by atoms with van der Waals surface area (Å²) in [5.41, 5.74) is 0.581. The highest BCUT2D eigenvalue weighted by Gasteiger charge is 2.26. The average Bonchev–Trinajstić information content (AvgIpc) is 2.15. The molecule has 0 radical (unpaired) electrons. The summed E-state index contributed by atoms with van der Waals surface area (Å²) >= 11 is 0. The van der Waals surface area contributed by atoms with Crippen LogP contribution < -0.4 is 0 Å². The van der Waals surface area contributed by atoms with Gasteiger partial charge in [-0.2, -0.15) is 0 Å². The van der Waals surface area contributed by atoms with Gasteiger partial charge in [-0.15, -0.1) is 0 Å². The van der Waals surface area contributed by atoms with Crippen molar-refractivity contribution in [1.82, 2.24) is 0 Å². The minimum Gasteiger partial charge on any atom is -0.393 e. The molecule has 1 fully saturated rings. The van der Waals surface area contributed by atoms with E-state index in [1.54, 1.807) is 0 Å². The highest BCUT2D eigenvalue weighted by atomic mass is 16.5. The molecule has 1 rings (SSSR count). The van der Waals surface area contributed by atoms with Crippen molar-refractivity contribution >= 4 is 0 Å². The van der Waals surface area contributed by atoms with Crippen molar-refractivity contribution in [2.75, 3.05) is 13.2 Å². The SMILES string of the molecule is C=C1C(O)COC1CO. The second-order valence-electron chi connectivity index (χ2n) is 2.10. The topological polar surface area (TPSA) is 49.7 Å². The van der Waals surface area contributed by atoms with E-state index in [0.717, 1.165) is 0 Å². The van der Waals surface area contributed by atoms with Crippen LogP contribution in [0.4, 0.5) is 0 Å². The second kappa shape index (κ2) is 2.47. The summed E-state index contributed by atoms with van der Waals surface area (Å²) in [7, 11) is 0. The Hall–Kier alpha value is -0.380. The Balaban J connectivity index is 2.51. The van der Waals surface area contributed by atoms with E-state index in [9.17, 15) is 0 Å². The maximum Gasteiger partial charge on any atom is 0.104 e. The molecule has 2 N–H and O–H groups in total. The Morgan fingerprint density at radius 2 is 2.44 bits per heavy atom. The Kier molecular flexibility index (Phi) is 1.85. The first kappa shape index (κ1) is 6.74. The molecule has 2 atom stereocenters. The fourth-order valence-corrected chi connectivity index (χ4v) is 0.806. The van der Waals surface area contributed by atoms with Crippen molar-refractivity contribution in [3.8, 4) is 0 Å². The number of aliphatic hydroxyl groups excluding tert-OH is 2. The summed E-state index contributed by atoms with van der Waals surface area (Å²) in [5, 5.41) is 17.5. The number of rotatable bonds is 1. The third-order valence-corrected chi connectivity index (χ3v) is 1.46. The van der Waals surface area contributed by atoms with E-state index in [-0.39, 0.29) is 19.3 Å². The van der Waals surface area contributed by atoms with E-state index in [4.69, 9.17) is 14.9 Å². The molecule has 1 aliphatic heterocycles. The summed E-state index contributed by atoms with van der Waals surface area (Å²) < 4.78 is 4.93. The number of aliphatic hydroxyl groups is 2. The van der Waals surface area contributed by atoms with Crippen LogP contribution in [-0.2, 0) is 4.74 Å². The average molecular weight is 130 g/mol. The fourth-order valence-electron chi connectivity index (χ4n) is 0.806. The zero-order valence-corrected chi connectivity index (χ0v) is 5.08. The summed E-state index contributed by atoms with van der Waals surface area (Å²) in [6.07, 6.45) is -0.929. The Labute approximate surface area is 53.6 Å². The van der Waals surface area contributed by atoms with Crippen molar-refractivity contribution in [2.45, 2.75) is 12.2 Å². The summed E-state index contributed by atoms with van der Waals surface area (Å²) in [6, 6.07) is 0. The molecule has 0 spiro atoms. The Bertz CT molecular complexity index is 121. The second-order valence-corrected chi connectivity index (χ2v) is 2.10. The lowest BCUT2D eigenvalue weighted by atomic mass is 10.1. The molecule has 1 heterocycles. The molecular formula is C6H10O3. The van der Waals surface area contributed by atoms with Gasteiger partial charge >= 0.3 is 0 Å². The van der Waals surface area contributed by atoms with Crippen LogP contribution in [0.25, 0.3) is 0 Å². The van der Waals surface area contributed by atoms with Crippen molar-refractivity contribution in [2.24, 2.45) is 0 Å². The molecule has 1 aliphatic rings. The summed E-state index contributed by atoms with van der Waals surface area (Å²) in [5.74, 6) is 0. The molecule has 2 unspecified atom stereocenters. The van der Waals surface area contributed by atoms with Gasteiger partial charge < -0.3 is 14.9 Å². The van der Waals surface area contributed by atoms with Gasteiger partial charge in [0.1, 0.15) is 12.2 Å². The molecule has 0 amide bonds. The monoisotopic (exact) mass is 130 g/mol. The smallest absolute Gasteiger partial charge is 0.104 e. The van der Waals surface area contributed by atoms with E-state index in [1.165, 1.54) is 0 Å². The van der Waals surface area contributed by atoms with Crippen LogP contribution in [0.15, 0.2) is 12.2 Å². The molecule has 0 saturated carbocycles. The normalized spacial score (nSPS) is 35.6. The first-order chi connectivity index (χ1) is 4.25. The van der Waals surface area contributed by atoms with E-state index in [1.807, 2.05) is 0 Å². The van der Waals surface area contributed by atoms with Crippen molar-refractivity contribution in [1.29, 1.82) is 0 Å². The van der Waals surface area contributed by atoms with Crippen LogP contribution in [0.3, 0.4) is 0 Å². The zero-order valence-electron chi connectivity index (χ0n) is 5.08. The van der Waals surface area contributed by atoms with Gasteiger partial charge in [0.25, 0.3) is 0 Å². The predicted molar refractivity (Wildman–Crippen MR) is 32.0 cm³/mol. The lowest BCUT2D eigenvalue weighted by Gasteiger charge is -2.04. The highest BCUT2D eigenvalue weighted by molar-refractivity contribution is 5.12. The maximum atomic E-state index is 8.96. The minimum absolute atomic E-state index is 0.0874. The maximum absolute atomic E-state index is 8.96. The van der Waals surface area contributed by atoms with Crippen LogP contribution >= 0.6 is 0 Å². The molecule has 9 heavy (non-hydrogen) atoms. The molecule has 0 aromatic rings. The van der Waals surface area contributed by atoms with Gasteiger partial charge in [0.05, 0.1) is 13.2 Å². The lowest BCUT2D eigenvalue weighted by Crippen LogP contribution is -2.14. The highest BCUT2D eigenvalue weighted by Crippen LogP contribution is 2.17. The first-order valence-electron chi connectivity index (χ1n) is 2.85. The number of hydrogen-bond donors (Lipinski definition) is 2. The van der Waals surface area contributed by atoms with Crippen LogP contribution in [-0.4, -0.2) is 35.6 Å². The molecular weight excluding hydrogens is 120 g/mol. The van der Waals surface area contributed by atoms with Gasteiger partial charge in [-0.25, -0.2) is 0 Å². The summed E-state index contributed by atoms with van der Waals surface area (Å²) in [6.45, 7) is 3.73. The quantitative estimate of drug-likeness (QED) is 0.461. The lowest BCUT2D eigenvalue weighted by molar-refractivity contribution is 0.0563. The number of hydrogen-bond acceptors (Lipinski definition) is 3. The first-order valence-corrected chi connectivity index (χ1v) is 2.85. The van der Waals surface area contributed by atoms with Crippen LogP contribution in [0, 0.1) is 0 Å². The van der Waals surface area contributed by atoms with Gasteiger partial charge in [0.2, 0.25) is 0 Å². The van der Waals surface area contributed by atoms with Crippen molar-refractivity contribution in [3.63, 3.8) is 0 Å². The molecule has 0 aromatic heterocycles. The third kappa shape index (κ3) is 1.13. The molecule has 0 aromatic carbocycles. The molecule has 0 bridgehead atoms. The van der Waals surface area contributed by atoms with E-state index in [2.05, 4.69) is 6.58 Å². The zero-order chi connectivity index (χ0) is 6.85. The van der Waals surface area contributed by atoms with Crippen LogP contribution in [0.5, 0.6) is 0 Å². The Morgan fingerprint density at radius 1 is 1.78 bits per heavy atom. The van der Waals surface area contributed by atoms with Gasteiger partial charge in [-0.1, -0.05) is 6.58 Å².